The van der Waals surface area contributed by atoms with Crippen LogP contribution in [-0.4, -0.2) is 54.7 Å². The van der Waals surface area contributed by atoms with Crippen molar-refractivity contribution in [1.82, 2.24) is 15.5 Å². The maximum absolute atomic E-state index is 11.7. The lowest BCUT2D eigenvalue weighted by atomic mass is 10.0. The number of carboxylic acid groups (broad SMARTS) is 1. The molecule has 0 radical (unpaired) electrons. The largest absolute Gasteiger partial charge is 0.481 e. The van der Waals surface area contributed by atoms with Crippen molar-refractivity contribution in [3.8, 4) is 0 Å². The van der Waals surface area contributed by atoms with E-state index in [0.717, 1.165) is 13.0 Å². The average molecular weight is 245 g/mol. The van der Waals surface area contributed by atoms with Crippen LogP contribution >= 0.6 is 0 Å². The van der Waals surface area contributed by atoms with Crippen LogP contribution in [0.2, 0.25) is 0 Å². The normalized spacial score (nSPS) is 11.1. The van der Waals surface area contributed by atoms with Crippen LogP contribution in [0.5, 0.6) is 0 Å². The number of hydrogen-bond acceptors (Lipinski definition) is 3. The summed E-state index contributed by atoms with van der Waals surface area (Å²) in [6.45, 7) is 4.87. The second-order valence-electron chi connectivity index (χ2n) is 4.76. The van der Waals surface area contributed by atoms with Gasteiger partial charge in [-0.3, -0.25) is 4.79 Å². The van der Waals surface area contributed by atoms with Crippen LogP contribution in [0.4, 0.5) is 4.79 Å². The Bertz CT molecular complexity index is 267. The van der Waals surface area contributed by atoms with E-state index >= 15 is 0 Å². The monoisotopic (exact) mass is 245 g/mol. The summed E-state index contributed by atoms with van der Waals surface area (Å²) < 4.78 is 0. The fraction of sp³-hybridized carbons (Fsp3) is 0.818. The Labute approximate surface area is 102 Å². The minimum atomic E-state index is -0.923. The fourth-order valence-electron chi connectivity index (χ4n) is 1.40. The van der Waals surface area contributed by atoms with Crippen LogP contribution in [0.1, 0.15) is 26.7 Å². The quantitative estimate of drug-likeness (QED) is 0.570. The average Bonchev–Trinajstić information content (AvgIpc) is 2.14. The van der Waals surface area contributed by atoms with Gasteiger partial charge < -0.3 is 20.6 Å². The van der Waals surface area contributed by atoms with E-state index < -0.39 is 11.5 Å². The van der Waals surface area contributed by atoms with Crippen molar-refractivity contribution >= 4 is 12.0 Å². The molecule has 0 aromatic carbocycles. The predicted octanol–water partition coefficient (Wildman–Crippen LogP) is 0.491. The van der Waals surface area contributed by atoms with Crippen molar-refractivity contribution in [3.05, 3.63) is 0 Å². The van der Waals surface area contributed by atoms with Crippen molar-refractivity contribution in [2.45, 2.75) is 32.2 Å². The summed E-state index contributed by atoms with van der Waals surface area (Å²) >= 11 is 0. The summed E-state index contributed by atoms with van der Waals surface area (Å²) in [5.41, 5.74) is -0.736. The molecule has 0 aliphatic heterocycles. The molecule has 17 heavy (non-hydrogen) atoms. The van der Waals surface area contributed by atoms with E-state index in [0.29, 0.717) is 6.54 Å². The third-order valence-electron chi connectivity index (χ3n) is 2.31. The zero-order chi connectivity index (χ0) is 13.5. The summed E-state index contributed by atoms with van der Waals surface area (Å²) in [5, 5.41) is 14.4. The van der Waals surface area contributed by atoms with Gasteiger partial charge in [0.2, 0.25) is 0 Å². The van der Waals surface area contributed by atoms with Gasteiger partial charge in [-0.15, -0.1) is 0 Å². The topological polar surface area (TPSA) is 81.7 Å². The molecule has 0 spiro atoms. The molecule has 0 aliphatic rings. The van der Waals surface area contributed by atoms with Crippen molar-refractivity contribution in [2.75, 3.05) is 27.2 Å². The molecular weight excluding hydrogens is 222 g/mol. The maximum atomic E-state index is 11.7. The van der Waals surface area contributed by atoms with E-state index in [1.54, 1.807) is 25.8 Å². The molecule has 0 bridgehead atoms. The summed E-state index contributed by atoms with van der Waals surface area (Å²) in [6.07, 6.45) is 0.767. The summed E-state index contributed by atoms with van der Waals surface area (Å²) in [4.78, 5) is 23.9. The molecule has 100 valence electrons. The third kappa shape index (κ3) is 7.57. The van der Waals surface area contributed by atoms with E-state index in [4.69, 9.17) is 5.11 Å². The van der Waals surface area contributed by atoms with Gasteiger partial charge in [-0.1, -0.05) is 0 Å². The number of nitrogens with one attached hydrogen (secondary N) is 2. The summed E-state index contributed by atoms with van der Waals surface area (Å²) in [6, 6.07) is -0.243. The molecule has 0 atom stereocenters. The number of amides is 2. The molecule has 0 aromatic heterocycles. The lowest BCUT2D eigenvalue weighted by molar-refractivity contribution is -0.138. The first-order valence-electron chi connectivity index (χ1n) is 5.68. The lowest BCUT2D eigenvalue weighted by Gasteiger charge is -2.28. The number of rotatable bonds is 7. The molecule has 0 saturated carbocycles. The number of carboxylic acids is 1. The van der Waals surface area contributed by atoms with Gasteiger partial charge in [0, 0.05) is 19.1 Å². The first kappa shape index (κ1) is 15.7. The second-order valence-corrected chi connectivity index (χ2v) is 4.76. The zero-order valence-electron chi connectivity index (χ0n) is 11.0. The molecule has 3 N–H and O–H groups in total. The second kappa shape index (κ2) is 7.11. The van der Waals surface area contributed by atoms with Crippen LogP contribution < -0.4 is 10.6 Å². The van der Waals surface area contributed by atoms with Crippen LogP contribution in [0.3, 0.4) is 0 Å². The van der Waals surface area contributed by atoms with Crippen LogP contribution in [0, 0.1) is 0 Å². The number of carbonyl (C=O) groups is 2. The van der Waals surface area contributed by atoms with Crippen molar-refractivity contribution in [1.29, 1.82) is 0 Å². The highest BCUT2D eigenvalue weighted by Crippen LogP contribution is 2.08. The smallest absolute Gasteiger partial charge is 0.317 e. The minimum Gasteiger partial charge on any atom is -0.481 e. The molecule has 0 aliphatic carbocycles. The van der Waals surface area contributed by atoms with Gasteiger partial charge in [0.1, 0.15) is 0 Å². The first-order chi connectivity index (χ1) is 7.78. The zero-order valence-corrected chi connectivity index (χ0v) is 11.0. The van der Waals surface area contributed by atoms with Gasteiger partial charge in [-0.05, 0) is 33.9 Å². The molecule has 6 heteroatoms. The summed E-state index contributed by atoms with van der Waals surface area (Å²) in [5.74, 6) is -0.923. The van der Waals surface area contributed by atoms with Crippen molar-refractivity contribution in [2.24, 2.45) is 0 Å². The van der Waals surface area contributed by atoms with Gasteiger partial charge in [0.15, 0.2) is 0 Å². The van der Waals surface area contributed by atoms with Crippen LogP contribution in [0.15, 0.2) is 0 Å². The van der Waals surface area contributed by atoms with E-state index in [9.17, 15) is 9.59 Å². The standard InChI is InChI=1S/C11H23N3O3/c1-11(2,8-9(15)16)13-10(17)14(4)7-5-6-12-3/h12H,5-8H2,1-4H3,(H,13,17)(H,15,16). The molecule has 2 amide bonds. The SMILES string of the molecule is CNCCCN(C)C(=O)NC(C)(C)CC(=O)O. The Morgan fingerprint density at radius 2 is 1.94 bits per heavy atom. The molecule has 0 unspecified atom stereocenters. The first-order valence-corrected chi connectivity index (χ1v) is 5.68. The molecule has 0 rings (SSSR count). The van der Waals surface area contributed by atoms with Crippen molar-refractivity contribution in [3.63, 3.8) is 0 Å². The Kier molecular flexibility index (Phi) is 6.57. The van der Waals surface area contributed by atoms with E-state index in [1.807, 2.05) is 7.05 Å². The van der Waals surface area contributed by atoms with Crippen molar-refractivity contribution < 1.29 is 14.7 Å². The van der Waals surface area contributed by atoms with Crippen LogP contribution in [0.25, 0.3) is 0 Å². The third-order valence-corrected chi connectivity index (χ3v) is 2.31. The highest BCUT2D eigenvalue weighted by molar-refractivity contribution is 5.76. The predicted molar refractivity (Wildman–Crippen MR) is 66.0 cm³/mol. The molecular formula is C11H23N3O3. The lowest BCUT2D eigenvalue weighted by Crippen LogP contribution is -2.50. The molecule has 0 saturated heterocycles. The van der Waals surface area contributed by atoms with Gasteiger partial charge in [-0.2, -0.15) is 0 Å². The Morgan fingerprint density at radius 3 is 2.41 bits per heavy atom. The minimum absolute atomic E-state index is 0.0942. The number of carbonyl (C=O) groups excluding carboxylic acids is 1. The van der Waals surface area contributed by atoms with Gasteiger partial charge in [0.25, 0.3) is 0 Å². The Balaban J connectivity index is 4.09. The number of aliphatic carboxylic acids is 1. The van der Waals surface area contributed by atoms with E-state index in [1.165, 1.54) is 0 Å². The number of urea groups is 1. The summed E-state index contributed by atoms with van der Waals surface area (Å²) in [7, 11) is 3.55. The van der Waals surface area contributed by atoms with Gasteiger partial charge in [-0.25, -0.2) is 4.79 Å². The van der Waals surface area contributed by atoms with Crippen LogP contribution in [-0.2, 0) is 4.79 Å². The Morgan fingerprint density at radius 1 is 1.35 bits per heavy atom. The highest BCUT2D eigenvalue weighted by Gasteiger charge is 2.25. The van der Waals surface area contributed by atoms with E-state index in [-0.39, 0.29) is 12.5 Å². The number of nitrogens with zero attached hydrogens (tertiary/aromatic N) is 1. The molecule has 0 heterocycles. The fourth-order valence-corrected chi connectivity index (χ4v) is 1.40. The Hall–Kier alpha value is -1.30. The highest BCUT2D eigenvalue weighted by atomic mass is 16.4. The number of hydrogen-bond donors (Lipinski definition) is 3. The van der Waals surface area contributed by atoms with Gasteiger partial charge >= 0.3 is 12.0 Å². The van der Waals surface area contributed by atoms with Gasteiger partial charge in [0.05, 0.1) is 6.42 Å². The maximum Gasteiger partial charge on any atom is 0.317 e. The molecule has 0 fully saturated rings. The van der Waals surface area contributed by atoms with E-state index in [2.05, 4.69) is 10.6 Å². The molecule has 6 nitrogen and oxygen atoms in total. The molecule has 0 aromatic rings.